The highest BCUT2D eigenvalue weighted by molar-refractivity contribution is 6.36. The Hall–Kier alpha value is -2.35. The van der Waals surface area contributed by atoms with Crippen molar-refractivity contribution in [2.75, 3.05) is 5.32 Å². The van der Waals surface area contributed by atoms with E-state index in [1.165, 1.54) is 0 Å². The summed E-state index contributed by atoms with van der Waals surface area (Å²) in [6.07, 6.45) is 0.285. The number of nitrogens with zero attached hydrogens (tertiary/aromatic N) is 1. The molecule has 2 N–H and O–H groups in total. The molecular weight excluding hydrogens is 196 g/mol. The molecule has 15 heavy (non-hydrogen) atoms. The van der Waals surface area contributed by atoms with Gasteiger partial charge in [-0.05, 0) is 17.7 Å². The molecule has 0 unspecified atom stereocenters. The second-order valence-corrected chi connectivity index (χ2v) is 2.79. The zero-order chi connectivity index (χ0) is 11.3. The van der Waals surface area contributed by atoms with Gasteiger partial charge in [-0.15, -0.1) is 0 Å². The lowest BCUT2D eigenvalue weighted by Crippen LogP contribution is -2.21. The molecule has 0 aromatic heterocycles. The number of nitriles is 1. The van der Waals surface area contributed by atoms with E-state index in [2.05, 4.69) is 5.32 Å². The van der Waals surface area contributed by atoms with Crippen LogP contribution in [0.3, 0.4) is 0 Å². The molecule has 0 bridgehead atoms. The number of carboxylic acids is 1. The minimum Gasteiger partial charge on any atom is -0.474 e. The maximum absolute atomic E-state index is 10.8. The number of carboxylic acid groups (broad SMARTS) is 1. The second-order valence-electron chi connectivity index (χ2n) is 2.79. The van der Waals surface area contributed by atoms with E-state index in [1.807, 2.05) is 6.07 Å². The summed E-state index contributed by atoms with van der Waals surface area (Å²) in [6.45, 7) is 0. The number of hydrogen-bond donors (Lipinski definition) is 2. The summed E-state index contributed by atoms with van der Waals surface area (Å²) in [5, 5.41) is 18.9. The van der Waals surface area contributed by atoms with E-state index >= 15 is 0 Å². The van der Waals surface area contributed by atoms with E-state index in [4.69, 9.17) is 10.4 Å². The SMILES string of the molecule is N#CCc1ccc(NC(=O)C(=O)O)cc1. The molecule has 0 spiro atoms. The van der Waals surface area contributed by atoms with Crippen molar-refractivity contribution in [3.05, 3.63) is 29.8 Å². The number of carbonyl (C=O) groups excluding carboxylic acids is 1. The lowest BCUT2D eigenvalue weighted by molar-refractivity contribution is -0.147. The molecule has 5 heteroatoms. The van der Waals surface area contributed by atoms with E-state index < -0.39 is 11.9 Å². The highest BCUT2D eigenvalue weighted by Crippen LogP contribution is 2.09. The molecule has 1 rings (SSSR count). The number of carbonyl (C=O) groups is 2. The first-order chi connectivity index (χ1) is 7.13. The predicted octanol–water partition coefficient (Wildman–Crippen LogP) is 0.776. The van der Waals surface area contributed by atoms with Crippen LogP contribution in [-0.2, 0) is 16.0 Å². The molecule has 1 aromatic carbocycles. The van der Waals surface area contributed by atoms with Crippen LogP contribution in [0.25, 0.3) is 0 Å². The van der Waals surface area contributed by atoms with Gasteiger partial charge in [-0.3, -0.25) is 4.79 Å². The van der Waals surface area contributed by atoms with Crippen molar-refractivity contribution in [3.63, 3.8) is 0 Å². The Morgan fingerprint density at radius 3 is 2.40 bits per heavy atom. The van der Waals surface area contributed by atoms with E-state index in [9.17, 15) is 9.59 Å². The lowest BCUT2D eigenvalue weighted by atomic mass is 10.1. The lowest BCUT2D eigenvalue weighted by Gasteiger charge is -2.01. The van der Waals surface area contributed by atoms with E-state index in [1.54, 1.807) is 24.3 Å². The highest BCUT2D eigenvalue weighted by Gasteiger charge is 2.10. The summed E-state index contributed by atoms with van der Waals surface area (Å²) >= 11 is 0. The normalized spacial score (nSPS) is 9.00. The topological polar surface area (TPSA) is 90.2 Å². The van der Waals surface area contributed by atoms with Gasteiger partial charge in [-0.1, -0.05) is 12.1 Å². The molecule has 0 aliphatic rings. The molecule has 0 heterocycles. The van der Waals surface area contributed by atoms with Crippen LogP contribution in [0.5, 0.6) is 0 Å². The molecule has 0 saturated carbocycles. The van der Waals surface area contributed by atoms with Crippen molar-refractivity contribution in [1.82, 2.24) is 0 Å². The Morgan fingerprint density at radius 2 is 1.93 bits per heavy atom. The Bertz CT molecular complexity index is 417. The van der Waals surface area contributed by atoms with Crippen LogP contribution in [0.4, 0.5) is 5.69 Å². The summed E-state index contributed by atoms with van der Waals surface area (Å²) in [5.41, 5.74) is 1.20. The van der Waals surface area contributed by atoms with Crippen molar-refractivity contribution in [1.29, 1.82) is 5.26 Å². The van der Waals surface area contributed by atoms with Crippen molar-refractivity contribution in [3.8, 4) is 6.07 Å². The van der Waals surface area contributed by atoms with Crippen LogP contribution in [0.2, 0.25) is 0 Å². The van der Waals surface area contributed by atoms with Crippen LogP contribution in [0.1, 0.15) is 5.56 Å². The number of anilines is 1. The standard InChI is InChI=1S/C10H8N2O3/c11-6-5-7-1-3-8(4-2-7)12-9(13)10(14)15/h1-4H,5H2,(H,12,13)(H,14,15). The van der Waals surface area contributed by atoms with E-state index in [0.29, 0.717) is 5.69 Å². The summed E-state index contributed by atoms with van der Waals surface area (Å²) < 4.78 is 0. The first-order valence-corrected chi connectivity index (χ1v) is 4.13. The predicted molar refractivity (Wildman–Crippen MR) is 52.0 cm³/mol. The number of nitrogens with one attached hydrogen (secondary N) is 1. The first kappa shape index (κ1) is 10.7. The van der Waals surface area contributed by atoms with Crippen LogP contribution in [0.15, 0.2) is 24.3 Å². The maximum atomic E-state index is 10.8. The van der Waals surface area contributed by atoms with Crippen molar-refractivity contribution in [2.24, 2.45) is 0 Å². The Labute approximate surface area is 86.0 Å². The van der Waals surface area contributed by atoms with Crippen molar-refractivity contribution < 1.29 is 14.7 Å². The maximum Gasteiger partial charge on any atom is 0.394 e. The van der Waals surface area contributed by atoms with Gasteiger partial charge in [-0.2, -0.15) is 5.26 Å². The molecule has 0 aliphatic heterocycles. The van der Waals surface area contributed by atoms with Gasteiger partial charge in [0.1, 0.15) is 0 Å². The molecule has 1 aromatic rings. The van der Waals surface area contributed by atoms with Crippen molar-refractivity contribution >= 4 is 17.6 Å². The number of aliphatic carboxylic acids is 1. The summed E-state index contributed by atoms with van der Waals surface area (Å²) in [6, 6.07) is 8.39. The van der Waals surface area contributed by atoms with Gasteiger partial charge >= 0.3 is 11.9 Å². The average molecular weight is 204 g/mol. The van der Waals surface area contributed by atoms with Gasteiger partial charge in [0, 0.05) is 5.69 Å². The fourth-order valence-corrected chi connectivity index (χ4v) is 0.982. The van der Waals surface area contributed by atoms with Crippen LogP contribution >= 0.6 is 0 Å². The van der Waals surface area contributed by atoms with Gasteiger partial charge in [0.15, 0.2) is 0 Å². The van der Waals surface area contributed by atoms with Crippen LogP contribution in [0, 0.1) is 11.3 Å². The molecule has 1 amide bonds. The Balaban J connectivity index is 2.69. The number of rotatable bonds is 2. The Morgan fingerprint density at radius 1 is 1.33 bits per heavy atom. The van der Waals surface area contributed by atoms with Gasteiger partial charge in [0.2, 0.25) is 0 Å². The third-order valence-electron chi connectivity index (χ3n) is 1.69. The van der Waals surface area contributed by atoms with Crippen LogP contribution in [-0.4, -0.2) is 17.0 Å². The van der Waals surface area contributed by atoms with E-state index in [-0.39, 0.29) is 6.42 Å². The monoisotopic (exact) mass is 204 g/mol. The fraction of sp³-hybridized carbons (Fsp3) is 0.100. The molecule has 76 valence electrons. The third kappa shape index (κ3) is 3.12. The van der Waals surface area contributed by atoms with Gasteiger partial charge in [0.25, 0.3) is 0 Å². The number of hydrogen-bond acceptors (Lipinski definition) is 3. The van der Waals surface area contributed by atoms with Crippen LogP contribution < -0.4 is 5.32 Å². The molecule has 0 aliphatic carbocycles. The summed E-state index contributed by atoms with van der Waals surface area (Å²) in [7, 11) is 0. The zero-order valence-corrected chi connectivity index (χ0v) is 7.73. The van der Waals surface area contributed by atoms with E-state index in [0.717, 1.165) is 5.56 Å². The van der Waals surface area contributed by atoms with Gasteiger partial charge in [-0.25, -0.2) is 4.79 Å². The summed E-state index contributed by atoms with van der Waals surface area (Å²) in [4.78, 5) is 21.0. The second kappa shape index (κ2) is 4.77. The van der Waals surface area contributed by atoms with Gasteiger partial charge < -0.3 is 10.4 Å². The minimum absolute atomic E-state index is 0.285. The molecule has 0 atom stereocenters. The molecule has 0 radical (unpaired) electrons. The highest BCUT2D eigenvalue weighted by atomic mass is 16.4. The third-order valence-corrected chi connectivity index (χ3v) is 1.69. The molecular formula is C10H8N2O3. The molecule has 5 nitrogen and oxygen atoms in total. The molecule has 0 fully saturated rings. The quantitative estimate of drug-likeness (QED) is 0.696. The molecule has 0 saturated heterocycles. The number of amides is 1. The van der Waals surface area contributed by atoms with Gasteiger partial charge in [0.05, 0.1) is 12.5 Å². The Kier molecular flexibility index (Phi) is 3.41. The smallest absolute Gasteiger partial charge is 0.394 e. The first-order valence-electron chi connectivity index (χ1n) is 4.13. The summed E-state index contributed by atoms with van der Waals surface area (Å²) in [5.74, 6) is -2.61. The van der Waals surface area contributed by atoms with Crippen molar-refractivity contribution in [2.45, 2.75) is 6.42 Å². The zero-order valence-electron chi connectivity index (χ0n) is 7.73. The average Bonchev–Trinajstić information content (AvgIpc) is 2.21. The number of benzene rings is 1. The fourth-order valence-electron chi connectivity index (χ4n) is 0.982. The minimum atomic E-state index is -1.53. The largest absolute Gasteiger partial charge is 0.474 e.